The second kappa shape index (κ2) is 5.44. The van der Waals surface area contributed by atoms with Gasteiger partial charge in [0.2, 0.25) is 0 Å². The highest BCUT2D eigenvalue weighted by atomic mass is 15.0. The van der Waals surface area contributed by atoms with Crippen molar-refractivity contribution in [3.05, 3.63) is 35.4 Å². The Morgan fingerprint density at radius 2 is 1.89 bits per heavy atom. The zero-order chi connectivity index (χ0) is 12.4. The van der Waals surface area contributed by atoms with Gasteiger partial charge in [-0.2, -0.15) is 0 Å². The summed E-state index contributed by atoms with van der Waals surface area (Å²) in [5, 5.41) is 3.92. The molecule has 98 valence electrons. The van der Waals surface area contributed by atoms with E-state index < -0.39 is 0 Å². The molecule has 1 aromatic carbocycles. The van der Waals surface area contributed by atoms with Gasteiger partial charge in [0.15, 0.2) is 0 Å². The van der Waals surface area contributed by atoms with E-state index in [4.69, 9.17) is 0 Å². The molecule has 0 saturated heterocycles. The predicted octanol–water partition coefficient (Wildman–Crippen LogP) is 3.71. The lowest BCUT2D eigenvalue weighted by Crippen LogP contribution is -2.40. The van der Waals surface area contributed by atoms with Crippen molar-refractivity contribution < 1.29 is 0 Å². The third kappa shape index (κ3) is 2.61. The Morgan fingerprint density at radius 3 is 2.67 bits per heavy atom. The average Bonchev–Trinajstić information content (AvgIpc) is 2.86. The molecule has 0 spiro atoms. The van der Waals surface area contributed by atoms with Crippen molar-refractivity contribution in [2.24, 2.45) is 5.92 Å². The van der Waals surface area contributed by atoms with Crippen LogP contribution in [0.25, 0.3) is 0 Å². The normalized spacial score (nSPS) is 31.3. The highest BCUT2D eigenvalue weighted by Gasteiger charge is 2.26. The van der Waals surface area contributed by atoms with Gasteiger partial charge in [0.1, 0.15) is 0 Å². The lowest BCUT2D eigenvalue weighted by Gasteiger charge is -2.28. The molecule has 2 aliphatic rings. The summed E-state index contributed by atoms with van der Waals surface area (Å²) in [6.45, 7) is 2.34. The van der Waals surface area contributed by atoms with Crippen molar-refractivity contribution >= 4 is 0 Å². The van der Waals surface area contributed by atoms with E-state index in [1.54, 1.807) is 11.1 Å². The van der Waals surface area contributed by atoms with Crippen LogP contribution in [0.5, 0.6) is 0 Å². The van der Waals surface area contributed by atoms with Gasteiger partial charge in [0, 0.05) is 12.1 Å². The van der Waals surface area contributed by atoms with Crippen molar-refractivity contribution in [3.63, 3.8) is 0 Å². The minimum Gasteiger partial charge on any atom is -0.311 e. The number of nitrogens with one attached hydrogen (secondary N) is 1. The zero-order valence-electron chi connectivity index (χ0n) is 11.5. The van der Waals surface area contributed by atoms with Crippen LogP contribution in [0, 0.1) is 5.92 Å². The van der Waals surface area contributed by atoms with Gasteiger partial charge in [-0.05, 0) is 55.6 Å². The van der Waals surface area contributed by atoms with Gasteiger partial charge in [-0.3, -0.25) is 0 Å². The Hall–Kier alpha value is -0.820. The highest BCUT2D eigenvalue weighted by molar-refractivity contribution is 5.30. The lowest BCUT2D eigenvalue weighted by molar-refractivity contribution is 0.385. The van der Waals surface area contributed by atoms with Gasteiger partial charge in [0.05, 0.1) is 0 Å². The number of rotatable bonds is 3. The fourth-order valence-corrected chi connectivity index (χ4v) is 3.77. The van der Waals surface area contributed by atoms with Crippen molar-refractivity contribution in [2.45, 2.75) is 64.0 Å². The lowest BCUT2D eigenvalue weighted by atomic mass is 9.88. The van der Waals surface area contributed by atoms with E-state index in [0.29, 0.717) is 0 Å². The first-order valence-corrected chi connectivity index (χ1v) is 7.68. The molecule has 1 saturated carbocycles. The van der Waals surface area contributed by atoms with Crippen LogP contribution in [0.15, 0.2) is 24.3 Å². The van der Waals surface area contributed by atoms with Gasteiger partial charge >= 0.3 is 0 Å². The monoisotopic (exact) mass is 243 g/mol. The summed E-state index contributed by atoms with van der Waals surface area (Å²) in [5.74, 6) is 0.985. The van der Waals surface area contributed by atoms with E-state index in [2.05, 4.69) is 36.5 Å². The Labute approximate surface area is 111 Å². The molecule has 3 unspecified atom stereocenters. The number of fused-ring (bicyclic) bond motifs is 1. The van der Waals surface area contributed by atoms with Crippen LogP contribution >= 0.6 is 0 Å². The zero-order valence-corrected chi connectivity index (χ0v) is 11.5. The number of hydrogen-bond donors (Lipinski definition) is 1. The number of hydrogen-bond acceptors (Lipinski definition) is 1. The van der Waals surface area contributed by atoms with Gasteiger partial charge in [0.25, 0.3) is 0 Å². The number of benzene rings is 1. The highest BCUT2D eigenvalue weighted by Crippen LogP contribution is 2.29. The number of aryl methyl sites for hydroxylation is 1. The smallest absolute Gasteiger partial charge is 0.0113 e. The Kier molecular flexibility index (Phi) is 3.69. The second-order valence-corrected chi connectivity index (χ2v) is 6.16. The van der Waals surface area contributed by atoms with Crippen LogP contribution in [0.3, 0.4) is 0 Å². The van der Waals surface area contributed by atoms with Crippen molar-refractivity contribution in [3.8, 4) is 0 Å². The van der Waals surface area contributed by atoms with Crippen LogP contribution in [0.4, 0.5) is 0 Å². The summed E-state index contributed by atoms with van der Waals surface area (Å²) in [4.78, 5) is 0. The maximum Gasteiger partial charge on any atom is 0.0113 e. The van der Waals surface area contributed by atoms with Crippen LogP contribution in [0.2, 0.25) is 0 Å². The van der Waals surface area contributed by atoms with Crippen molar-refractivity contribution in [2.75, 3.05) is 0 Å². The van der Waals surface area contributed by atoms with Gasteiger partial charge in [-0.1, -0.05) is 37.6 Å². The summed E-state index contributed by atoms with van der Waals surface area (Å²) >= 11 is 0. The van der Waals surface area contributed by atoms with Crippen LogP contribution in [0.1, 0.15) is 50.2 Å². The standard InChI is InChI=1S/C17H25N/c1-2-13-7-9-16(11-13)18-17-10-8-14-5-3-4-6-15(14)12-17/h3-6,13,16-18H,2,7-12H2,1H3. The molecular formula is C17H25N. The molecule has 1 heteroatoms. The van der Waals surface area contributed by atoms with E-state index in [1.165, 1.54) is 44.9 Å². The predicted molar refractivity (Wildman–Crippen MR) is 76.8 cm³/mol. The summed E-state index contributed by atoms with van der Waals surface area (Å²) in [6.07, 6.45) is 9.44. The molecular weight excluding hydrogens is 218 g/mol. The molecule has 0 aliphatic heterocycles. The second-order valence-electron chi connectivity index (χ2n) is 6.16. The van der Waals surface area contributed by atoms with E-state index in [1.807, 2.05) is 0 Å². The first-order valence-electron chi connectivity index (χ1n) is 7.68. The Morgan fingerprint density at radius 1 is 1.06 bits per heavy atom. The van der Waals surface area contributed by atoms with Gasteiger partial charge in [-0.15, -0.1) is 0 Å². The minimum atomic E-state index is 0.723. The summed E-state index contributed by atoms with van der Waals surface area (Å²) in [6, 6.07) is 10.5. The largest absolute Gasteiger partial charge is 0.311 e. The molecule has 0 aromatic heterocycles. The SMILES string of the molecule is CCC1CCC(NC2CCc3ccccc3C2)C1. The fourth-order valence-electron chi connectivity index (χ4n) is 3.77. The molecule has 1 N–H and O–H groups in total. The molecule has 0 heterocycles. The van der Waals surface area contributed by atoms with Gasteiger partial charge < -0.3 is 5.32 Å². The molecule has 3 atom stereocenters. The maximum absolute atomic E-state index is 3.92. The molecule has 0 bridgehead atoms. The van der Waals surface area contributed by atoms with Gasteiger partial charge in [-0.25, -0.2) is 0 Å². The molecule has 2 aliphatic carbocycles. The summed E-state index contributed by atoms with van der Waals surface area (Å²) in [7, 11) is 0. The fraction of sp³-hybridized carbons (Fsp3) is 0.647. The molecule has 1 aromatic rings. The van der Waals surface area contributed by atoms with Crippen molar-refractivity contribution in [1.82, 2.24) is 5.32 Å². The third-order valence-electron chi connectivity index (χ3n) is 4.94. The van der Waals surface area contributed by atoms with Crippen molar-refractivity contribution in [1.29, 1.82) is 0 Å². The summed E-state index contributed by atoms with van der Waals surface area (Å²) in [5.41, 5.74) is 3.15. The molecule has 0 amide bonds. The quantitative estimate of drug-likeness (QED) is 0.853. The summed E-state index contributed by atoms with van der Waals surface area (Å²) < 4.78 is 0. The molecule has 18 heavy (non-hydrogen) atoms. The van der Waals surface area contributed by atoms with Crippen LogP contribution in [-0.2, 0) is 12.8 Å². The van der Waals surface area contributed by atoms with Crippen LogP contribution in [-0.4, -0.2) is 12.1 Å². The Bertz CT molecular complexity index is 398. The topological polar surface area (TPSA) is 12.0 Å². The van der Waals surface area contributed by atoms with Crippen LogP contribution < -0.4 is 5.32 Å². The van der Waals surface area contributed by atoms with E-state index in [0.717, 1.165) is 18.0 Å². The van der Waals surface area contributed by atoms with E-state index in [9.17, 15) is 0 Å². The molecule has 1 nitrogen and oxygen atoms in total. The van der Waals surface area contributed by atoms with E-state index >= 15 is 0 Å². The Balaban J connectivity index is 1.57. The maximum atomic E-state index is 3.92. The van der Waals surface area contributed by atoms with E-state index in [-0.39, 0.29) is 0 Å². The first-order chi connectivity index (χ1) is 8.85. The average molecular weight is 243 g/mol. The minimum absolute atomic E-state index is 0.723. The first kappa shape index (κ1) is 12.2. The molecule has 0 radical (unpaired) electrons. The third-order valence-corrected chi connectivity index (χ3v) is 4.94. The molecule has 1 fully saturated rings. The molecule has 3 rings (SSSR count).